The van der Waals surface area contributed by atoms with Crippen LogP contribution in [0.5, 0.6) is 0 Å². The molecule has 0 unspecified atom stereocenters. The molecular formula is C11H22N2O2S. The first kappa shape index (κ1) is 13.6. The first-order valence-corrected chi connectivity index (χ1v) is 7.20. The van der Waals surface area contributed by atoms with Gasteiger partial charge < -0.3 is 15.7 Å². The average molecular weight is 246 g/mol. The van der Waals surface area contributed by atoms with E-state index < -0.39 is 0 Å². The highest BCUT2D eigenvalue weighted by molar-refractivity contribution is 7.99. The van der Waals surface area contributed by atoms with Gasteiger partial charge in [0.15, 0.2) is 0 Å². The standard InChI is InChI=1S/C11H22N2O2S/c1-3-8(7-14)12-11(15)13-9-5-4-6-10(9)16-2/h8-10,14H,3-7H2,1-2H3,(H2,12,13,15)/t8-,9-,10+/m1/s1. The molecule has 16 heavy (non-hydrogen) atoms. The number of rotatable bonds is 5. The van der Waals surface area contributed by atoms with E-state index in [1.165, 1.54) is 12.8 Å². The lowest BCUT2D eigenvalue weighted by Crippen LogP contribution is -2.48. The molecule has 0 aromatic heterocycles. The Morgan fingerprint density at radius 3 is 2.88 bits per heavy atom. The molecule has 4 nitrogen and oxygen atoms in total. The number of aliphatic hydroxyl groups is 1. The lowest BCUT2D eigenvalue weighted by atomic mass is 10.2. The van der Waals surface area contributed by atoms with Crippen molar-refractivity contribution in [3.8, 4) is 0 Å². The molecule has 0 radical (unpaired) electrons. The molecule has 0 aliphatic heterocycles. The van der Waals surface area contributed by atoms with E-state index in [9.17, 15) is 4.79 Å². The molecule has 0 bridgehead atoms. The second-order valence-corrected chi connectivity index (χ2v) is 5.29. The Labute approximate surface area is 102 Å². The van der Waals surface area contributed by atoms with Gasteiger partial charge in [-0.25, -0.2) is 4.79 Å². The Morgan fingerprint density at radius 2 is 2.31 bits per heavy atom. The summed E-state index contributed by atoms with van der Waals surface area (Å²) < 4.78 is 0. The van der Waals surface area contributed by atoms with E-state index in [4.69, 9.17) is 5.11 Å². The lowest BCUT2D eigenvalue weighted by Gasteiger charge is -2.21. The number of nitrogens with one attached hydrogen (secondary N) is 2. The summed E-state index contributed by atoms with van der Waals surface area (Å²) >= 11 is 1.82. The van der Waals surface area contributed by atoms with Crippen molar-refractivity contribution in [2.75, 3.05) is 12.9 Å². The number of hydrogen-bond donors (Lipinski definition) is 3. The monoisotopic (exact) mass is 246 g/mol. The van der Waals surface area contributed by atoms with Gasteiger partial charge in [-0.3, -0.25) is 0 Å². The van der Waals surface area contributed by atoms with Crippen LogP contribution >= 0.6 is 11.8 Å². The Kier molecular flexibility index (Phi) is 5.98. The predicted molar refractivity (Wildman–Crippen MR) is 67.8 cm³/mol. The highest BCUT2D eigenvalue weighted by atomic mass is 32.2. The highest BCUT2D eigenvalue weighted by Gasteiger charge is 2.27. The summed E-state index contributed by atoms with van der Waals surface area (Å²) in [6.07, 6.45) is 6.28. The highest BCUT2D eigenvalue weighted by Crippen LogP contribution is 2.28. The fourth-order valence-electron chi connectivity index (χ4n) is 2.05. The van der Waals surface area contributed by atoms with Crippen LogP contribution in [0.3, 0.4) is 0 Å². The van der Waals surface area contributed by atoms with Crippen molar-refractivity contribution in [2.45, 2.75) is 49.9 Å². The van der Waals surface area contributed by atoms with E-state index in [2.05, 4.69) is 16.9 Å². The Morgan fingerprint density at radius 1 is 1.56 bits per heavy atom. The number of amides is 2. The molecular weight excluding hydrogens is 224 g/mol. The van der Waals surface area contributed by atoms with E-state index in [1.54, 1.807) is 0 Å². The number of carbonyl (C=O) groups is 1. The molecule has 1 saturated carbocycles. The maximum absolute atomic E-state index is 11.6. The molecule has 1 aliphatic rings. The second-order valence-electron chi connectivity index (χ2n) is 4.22. The van der Waals surface area contributed by atoms with E-state index in [0.717, 1.165) is 12.8 Å². The van der Waals surface area contributed by atoms with Gasteiger partial charge in [0.05, 0.1) is 12.6 Å². The average Bonchev–Trinajstić information content (AvgIpc) is 2.73. The molecule has 3 atom stereocenters. The first-order valence-electron chi connectivity index (χ1n) is 5.92. The minimum atomic E-state index is -0.146. The van der Waals surface area contributed by atoms with Crippen molar-refractivity contribution in [3.05, 3.63) is 0 Å². The number of carbonyl (C=O) groups excluding carboxylic acids is 1. The van der Waals surface area contributed by atoms with Crippen molar-refractivity contribution < 1.29 is 9.90 Å². The molecule has 0 spiro atoms. The number of urea groups is 1. The fourth-order valence-corrected chi connectivity index (χ4v) is 2.98. The largest absolute Gasteiger partial charge is 0.394 e. The van der Waals surface area contributed by atoms with Crippen molar-refractivity contribution >= 4 is 17.8 Å². The third-order valence-corrected chi connectivity index (χ3v) is 4.29. The third kappa shape index (κ3) is 3.87. The minimum Gasteiger partial charge on any atom is -0.394 e. The molecule has 0 aromatic rings. The van der Waals surface area contributed by atoms with E-state index >= 15 is 0 Å². The molecule has 1 aliphatic carbocycles. The maximum atomic E-state index is 11.6. The second kappa shape index (κ2) is 7.01. The molecule has 3 N–H and O–H groups in total. The molecule has 2 amide bonds. The van der Waals surface area contributed by atoms with Gasteiger partial charge in [-0.1, -0.05) is 13.3 Å². The molecule has 5 heteroatoms. The molecule has 94 valence electrons. The Bertz CT molecular complexity index is 222. The van der Waals surface area contributed by atoms with Crippen LogP contribution in [0.25, 0.3) is 0 Å². The zero-order chi connectivity index (χ0) is 12.0. The van der Waals surface area contributed by atoms with Crippen molar-refractivity contribution in [1.29, 1.82) is 0 Å². The van der Waals surface area contributed by atoms with Gasteiger partial charge in [-0.05, 0) is 25.5 Å². The SMILES string of the molecule is CC[C@H](CO)NC(=O)N[C@@H]1CCC[C@@H]1SC. The van der Waals surface area contributed by atoms with Gasteiger partial charge in [0.25, 0.3) is 0 Å². The van der Waals surface area contributed by atoms with Gasteiger partial charge >= 0.3 is 6.03 Å². The molecule has 1 rings (SSSR count). The van der Waals surface area contributed by atoms with Gasteiger partial charge in [0.1, 0.15) is 0 Å². The van der Waals surface area contributed by atoms with Crippen LogP contribution in [-0.4, -0.2) is 41.3 Å². The minimum absolute atomic E-state index is 0.000539. The normalized spacial score (nSPS) is 26.4. The summed E-state index contributed by atoms with van der Waals surface area (Å²) in [4.78, 5) is 11.6. The predicted octanol–water partition coefficient (Wildman–Crippen LogP) is 1.34. The Hall–Kier alpha value is -0.420. The number of thioether (sulfide) groups is 1. The zero-order valence-corrected chi connectivity index (χ0v) is 10.8. The van der Waals surface area contributed by atoms with E-state index in [0.29, 0.717) is 5.25 Å². The van der Waals surface area contributed by atoms with Crippen LogP contribution in [-0.2, 0) is 0 Å². The fraction of sp³-hybridized carbons (Fsp3) is 0.909. The number of hydrogen-bond acceptors (Lipinski definition) is 3. The molecule has 0 saturated heterocycles. The maximum Gasteiger partial charge on any atom is 0.315 e. The summed E-state index contributed by atoms with van der Waals surface area (Å²) in [6.45, 7) is 1.95. The summed E-state index contributed by atoms with van der Waals surface area (Å²) in [7, 11) is 0. The van der Waals surface area contributed by atoms with Gasteiger partial charge in [-0.15, -0.1) is 0 Å². The van der Waals surface area contributed by atoms with E-state index in [1.807, 2.05) is 18.7 Å². The summed E-state index contributed by atoms with van der Waals surface area (Å²) in [5, 5.41) is 15.3. The molecule has 0 heterocycles. The summed E-state index contributed by atoms with van der Waals surface area (Å²) in [5.74, 6) is 0. The lowest BCUT2D eigenvalue weighted by molar-refractivity contribution is 0.212. The summed E-state index contributed by atoms with van der Waals surface area (Å²) in [5.41, 5.74) is 0. The molecule has 1 fully saturated rings. The zero-order valence-electron chi connectivity index (χ0n) is 10.0. The first-order chi connectivity index (χ1) is 7.71. The van der Waals surface area contributed by atoms with Crippen LogP contribution in [0, 0.1) is 0 Å². The summed E-state index contributed by atoms with van der Waals surface area (Å²) in [6, 6.07) is 0.00665. The Balaban J connectivity index is 2.33. The topological polar surface area (TPSA) is 61.4 Å². The van der Waals surface area contributed by atoms with Crippen molar-refractivity contribution in [2.24, 2.45) is 0 Å². The van der Waals surface area contributed by atoms with Gasteiger partial charge in [0, 0.05) is 11.3 Å². The quantitative estimate of drug-likeness (QED) is 0.686. The van der Waals surface area contributed by atoms with Crippen molar-refractivity contribution in [1.82, 2.24) is 10.6 Å². The van der Waals surface area contributed by atoms with Crippen LogP contribution in [0.1, 0.15) is 32.6 Å². The van der Waals surface area contributed by atoms with E-state index in [-0.39, 0.29) is 24.7 Å². The smallest absolute Gasteiger partial charge is 0.315 e. The van der Waals surface area contributed by atoms with Crippen molar-refractivity contribution in [3.63, 3.8) is 0 Å². The van der Waals surface area contributed by atoms with Crippen LogP contribution in [0.4, 0.5) is 4.79 Å². The van der Waals surface area contributed by atoms with Crippen LogP contribution < -0.4 is 10.6 Å². The van der Waals surface area contributed by atoms with Gasteiger partial charge in [-0.2, -0.15) is 11.8 Å². The van der Waals surface area contributed by atoms with Gasteiger partial charge in [0.2, 0.25) is 0 Å². The van der Waals surface area contributed by atoms with Crippen LogP contribution in [0.15, 0.2) is 0 Å². The number of aliphatic hydroxyl groups excluding tert-OH is 1. The molecule has 0 aromatic carbocycles. The van der Waals surface area contributed by atoms with Crippen LogP contribution in [0.2, 0.25) is 0 Å². The third-order valence-electron chi connectivity index (χ3n) is 3.12.